The van der Waals surface area contributed by atoms with Crippen LogP contribution in [0.5, 0.6) is 0 Å². The Bertz CT molecular complexity index is 546. The zero-order valence-corrected chi connectivity index (χ0v) is 8.81. The van der Waals surface area contributed by atoms with E-state index in [2.05, 4.69) is 4.98 Å². The van der Waals surface area contributed by atoms with Crippen LogP contribution in [-0.2, 0) is 4.79 Å². The Morgan fingerprint density at radius 1 is 1.38 bits per heavy atom. The maximum Gasteiger partial charge on any atom is 0.228 e. The van der Waals surface area contributed by atoms with Crippen LogP contribution >= 0.6 is 0 Å². The Morgan fingerprint density at radius 3 is 3.00 bits per heavy atom. The third-order valence-electron chi connectivity index (χ3n) is 3.00. The molecule has 1 saturated heterocycles. The molecule has 0 saturated carbocycles. The summed E-state index contributed by atoms with van der Waals surface area (Å²) < 4.78 is 0. The molecular formula is C12H13N3O. The number of carbonyl (C=O) groups is 1. The number of benzene rings is 1. The number of fused-ring (bicyclic) bond motifs is 1. The van der Waals surface area contributed by atoms with Crippen molar-refractivity contribution >= 4 is 22.5 Å². The Morgan fingerprint density at radius 2 is 2.25 bits per heavy atom. The summed E-state index contributed by atoms with van der Waals surface area (Å²) >= 11 is 0. The van der Waals surface area contributed by atoms with Crippen LogP contribution in [-0.4, -0.2) is 23.5 Å². The average molecular weight is 215 g/mol. The summed E-state index contributed by atoms with van der Waals surface area (Å²) in [6.07, 6.45) is 2.34. The predicted octanol–water partition coefficient (Wildman–Crippen LogP) is 1.23. The first-order chi connectivity index (χ1) is 7.74. The molecule has 1 atom stereocenters. The molecule has 0 spiro atoms. The molecule has 1 aromatic carbocycles. The highest BCUT2D eigenvalue weighted by Gasteiger charge is 2.27. The average Bonchev–Trinajstić information content (AvgIpc) is 2.83. The minimum Gasteiger partial charge on any atom is -0.361 e. The van der Waals surface area contributed by atoms with E-state index in [1.54, 1.807) is 4.90 Å². The number of nitrogens with zero attached hydrogens (tertiary/aromatic N) is 1. The molecule has 2 aromatic rings. The standard InChI is InChI=1S/C12H13N3O/c13-9-6-12(16)15(7-9)10-1-2-11-8(5-10)3-4-14-11/h1-5,9,14H,6-7,13H2. The highest BCUT2D eigenvalue weighted by Crippen LogP contribution is 2.24. The van der Waals surface area contributed by atoms with Gasteiger partial charge >= 0.3 is 0 Å². The van der Waals surface area contributed by atoms with Crippen molar-refractivity contribution in [1.82, 2.24) is 4.98 Å². The van der Waals surface area contributed by atoms with Crippen LogP contribution in [0.2, 0.25) is 0 Å². The van der Waals surface area contributed by atoms with E-state index in [1.807, 2.05) is 30.5 Å². The van der Waals surface area contributed by atoms with Gasteiger partial charge in [0.1, 0.15) is 0 Å². The fourth-order valence-corrected chi connectivity index (χ4v) is 2.19. The van der Waals surface area contributed by atoms with E-state index in [-0.39, 0.29) is 11.9 Å². The van der Waals surface area contributed by atoms with E-state index in [0.29, 0.717) is 13.0 Å². The van der Waals surface area contributed by atoms with Gasteiger partial charge in [0.25, 0.3) is 0 Å². The first-order valence-corrected chi connectivity index (χ1v) is 5.37. The van der Waals surface area contributed by atoms with E-state index >= 15 is 0 Å². The number of carbonyl (C=O) groups excluding carboxylic acids is 1. The van der Waals surface area contributed by atoms with Crippen LogP contribution in [0.15, 0.2) is 30.5 Å². The number of amides is 1. The van der Waals surface area contributed by atoms with Gasteiger partial charge in [0.15, 0.2) is 0 Å². The van der Waals surface area contributed by atoms with Gasteiger partial charge in [-0.25, -0.2) is 0 Å². The number of nitrogens with two attached hydrogens (primary N) is 1. The molecule has 82 valence electrons. The molecule has 2 heterocycles. The lowest BCUT2D eigenvalue weighted by Crippen LogP contribution is -2.27. The van der Waals surface area contributed by atoms with Crippen LogP contribution in [0, 0.1) is 0 Å². The van der Waals surface area contributed by atoms with Crippen LogP contribution in [0.3, 0.4) is 0 Å². The Hall–Kier alpha value is -1.81. The van der Waals surface area contributed by atoms with E-state index in [0.717, 1.165) is 16.6 Å². The van der Waals surface area contributed by atoms with Crippen LogP contribution in [0.25, 0.3) is 10.9 Å². The largest absolute Gasteiger partial charge is 0.361 e. The third-order valence-corrected chi connectivity index (χ3v) is 3.00. The molecule has 1 unspecified atom stereocenters. The number of aromatic nitrogens is 1. The number of hydrogen-bond donors (Lipinski definition) is 2. The second kappa shape index (κ2) is 3.35. The van der Waals surface area contributed by atoms with Crippen molar-refractivity contribution in [2.45, 2.75) is 12.5 Å². The predicted molar refractivity (Wildman–Crippen MR) is 63.2 cm³/mol. The summed E-state index contributed by atoms with van der Waals surface area (Å²) in [7, 11) is 0. The molecule has 0 bridgehead atoms. The lowest BCUT2D eigenvalue weighted by Gasteiger charge is -2.16. The molecule has 4 heteroatoms. The SMILES string of the molecule is NC1CC(=O)N(c2ccc3[nH]ccc3c2)C1. The Kier molecular flexibility index (Phi) is 1.97. The zero-order valence-electron chi connectivity index (χ0n) is 8.81. The maximum absolute atomic E-state index is 11.7. The second-order valence-electron chi connectivity index (χ2n) is 4.22. The lowest BCUT2D eigenvalue weighted by molar-refractivity contribution is -0.117. The van der Waals surface area contributed by atoms with Gasteiger partial charge in [0.2, 0.25) is 5.91 Å². The lowest BCUT2D eigenvalue weighted by atomic mass is 10.2. The fourth-order valence-electron chi connectivity index (χ4n) is 2.19. The molecule has 1 aliphatic rings. The molecule has 1 fully saturated rings. The molecule has 1 aromatic heterocycles. The summed E-state index contributed by atoms with van der Waals surface area (Å²) in [4.78, 5) is 16.6. The van der Waals surface area contributed by atoms with Gasteiger partial charge < -0.3 is 15.6 Å². The molecule has 1 aliphatic heterocycles. The Balaban J connectivity index is 2.02. The summed E-state index contributed by atoms with van der Waals surface area (Å²) in [5.41, 5.74) is 7.80. The maximum atomic E-state index is 11.7. The molecule has 1 amide bonds. The van der Waals surface area contributed by atoms with E-state index in [1.165, 1.54) is 0 Å². The molecular weight excluding hydrogens is 202 g/mol. The van der Waals surface area contributed by atoms with E-state index < -0.39 is 0 Å². The van der Waals surface area contributed by atoms with Gasteiger partial charge in [-0.1, -0.05) is 0 Å². The van der Waals surface area contributed by atoms with Gasteiger partial charge in [0.05, 0.1) is 0 Å². The monoisotopic (exact) mass is 215 g/mol. The fraction of sp³-hybridized carbons (Fsp3) is 0.250. The van der Waals surface area contributed by atoms with Crippen molar-refractivity contribution < 1.29 is 4.79 Å². The van der Waals surface area contributed by atoms with E-state index in [9.17, 15) is 4.79 Å². The Labute approximate surface area is 93.0 Å². The summed E-state index contributed by atoms with van der Waals surface area (Å²) in [5, 5.41) is 1.12. The summed E-state index contributed by atoms with van der Waals surface area (Å²) in [6.45, 7) is 0.620. The zero-order chi connectivity index (χ0) is 11.1. The molecule has 3 rings (SSSR count). The van der Waals surface area contributed by atoms with Crippen molar-refractivity contribution in [2.75, 3.05) is 11.4 Å². The highest BCUT2D eigenvalue weighted by molar-refractivity contribution is 5.98. The minimum atomic E-state index is -0.0329. The quantitative estimate of drug-likeness (QED) is 0.751. The summed E-state index contributed by atoms with van der Waals surface area (Å²) in [5.74, 6) is 0.113. The van der Waals surface area contributed by atoms with Crippen molar-refractivity contribution in [1.29, 1.82) is 0 Å². The van der Waals surface area contributed by atoms with Crippen LogP contribution in [0.4, 0.5) is 5.69 Å². The van der Waals surface area contributed by atoms with Gasteiger partial charge in [-0.3, -0.25) is 4.79 Å². The first-order valence-electron chi connectivity index (χ1n) is 5.37. The number of H-pyrrole nitrogens is 1. The summed E-state index contributed by atoms with van der Waals surface area (Å²) in [6, 6.07) is 7.92. The molecule has 0 aliphatic carbocycles. The van der Waals surface area contributed by atoms with Gasteiger partial charge in [-0.15, -0.1) is 0 Å². The van der Waals surface area contributed by atoms with Crippen molar-refractivity contribution in [3.63, 3.8) is 0 Å². The van der Waals surface area contributed by atoms with Crippen LogP contribution in [0.1, 0.15) is 6.42 Å². The second-order valence-corrected chi connectivity index (χ2v) is 4.22. The van der Waals surface area contributed by atoms with E-state index in [4.69, 9.17) is 5.73 Å². The van der Waals surface area contributed by atoms with Crippen molar-refractivity contribution in [3.8, 4) is 0 Å². The smallest absolute Gasteiger partial charge is 0.228 e. The number of hydrogen-bond acceptors (Lipinski definition) is 2. The number of anilines is 1. The van der Waals surface area contributed by atoms with Crippen molar-refractivity contribution in [2.24, 2.45) is 5.73 Å². The molecule has 0 radical (unpaired) electrons. The van der Waals surface area contributed by atoms with Gasteiger partial charge in [-0.05, 0) is 24.3 Å². The van der Waals surface area contributed by atoms with Gasteiger partial charge in [-0.2, -0.15) is 0 Å². The number of rotatable bonds is 1. The third kappa shape index (κ3) is 1.39. The number of nitrogens with one attached hydrogen (secondary N) is 1. The molecule has 3 N–H and O–H groups in total. The minimum absolute atomic E-state index is 0.0329. The topological polar surface area (TPSA) is 62.1 Å². The number of aromatic amines is 1. The normalized spacial score (nSPS) is 20.9. The molecule has 16 heavy (non-hydrogen) atoms. The van der Waals surface area contributed by atoms with Gasteiger partial charge in [0, 0.05) is 41.8 Å². The molecule has 4 nitrogen and oxygen atoms in total. The van der Waals surface area contributed by atoms with Crippen LogP contribution < -0.4 is 10.6 Å². The first kappa shape index (κ1) is 9.42. The van der Waals surface area contributed by atoms with Crippen molar-refractivity contribution in [3.05, 3.63) is 30.5 Å². The highest BCUT2D eigenvalue weighted by atomic mass is 16.2.